The maximum absolute atomic E-state index is 5.81. The van der Waals surface area contributed by atoms with Crippen LogP contribution in [0.5, 0.6) is 5.75 Å². The van der Waals surface area contributed by atoms with E-state index in [1.807, 2.05) is 54.6 Å². The molecule has 3 aromatic carbocycles. The van der Waals surface area contributed by atoms with Crippen molar-refractivity contribution in [2.45, 2.75) is 6.42 Å². The largest absolute Gasteiger partial charge is 0.493 e. The number of ether oxygens (including phenoxy) is 1. The molecule has 4 heteroatoms. The summed E-state index contributed by atoms with van der Waals surface area (Å²) in [5.74, 6) is 1.96. The molecule has 0 bridgehead atoms. The van der Waals surface area contributed by atoms with Gasteiger partial charge in [0.1, 0.15) is 5.75 Å². The lowest BCUT2D eigenvalue weighted by Gasteiger charge is -2.05. The Labute approximate surface area is 139 Å². The van der Waals surface area contributed by atoms with Crippen molar-refractivity contribution in [3.05, 3.63) is 78.7 Å². The van der Waals surface area contributed by atoms with Gasteiger partial charge in [-0.3, -0.25) is 0 Å². The molecule has 1 aromatic heterocycles. The third-order valence-corrected chi connectivity index (χ3v) is 3.79. The van der Waals surface area contributed by atoms with Gasteiger partial charge in [-0.1, -0.05) is 48.5 Å². The molecule has 0 aliphatic heterocycles. The van der Waals surface area contributed by atoms with Crippen LogP contribution in [0, 0.1) is 0 Å². The Morgan fingerprint density at radius 2 is 1.58 bits per heavy atom. The maximum atomic E-state index is 5.81. The Morgan fingerprint density at radius 1 is 0.792 bits per heavy atom. The summed E-state index contributed by atoms with van der Waals surface area (Å²) in [6.07, 6.45) is 0.576. The molecule has 0 spiro atoms. The summed E-state index contributed by atoms with van der Waals surface area (Å²) in [6, 6.07) is 24.0. The van der Waals surface area contributed by atoms with Gasteiger partial charge in [-0.15, -0.1) is 10.2 Å². The molecule has 0 aliphatic carbocycles. The van der Waals surface area contributed by atoms with E-state index in [-0.39, 0.29) is 0 Å². The minimum absolute atomic E-state index is 0.495. The van der Waals surface area contributed by atoms with Gasteiger partial charge >= 0.3 is 0 Å². The van der Waals surface area contributed by atoms with E-state index >= 15 is 0 Å². The molecule has 0 saturated heterocycles. The van der Waals surface area contributed by atoms with Crippen molar-refractivity contribution in [3.8, 4) is 17.2 Å². The monoisotopic (exact) mass is 316 g/mol. The molecule has 0 N–H and O–H groups in total. The highest BCUT2D eigenvalue weighted by molar-refractivity contribution is 5.83. The molecule has 118 valence electrons. The average Bonchev–Trinajstić information content (AvgIpc) is 3.11. The second kappa shape index (κ2) is 6.54. The van der Waals surface area contributed by atoms with Crippen molar-refractivity contribution in [1.82, 2.24) is 10.2 Å². The second-order valence-corrected chi connectivity index (χ2v) is 5.47. The van der Waals surface area contributed by atoms with Crippen molar-refractivity contribution in [1.29, 1.82) is 0 Å². The van der Waals surface area contributed by atoms with E-state index in [4.69, 9.17) is 9.15 Å². The van der Waals surface area contributed by atoms with Gasteiger partial charge in [-0.05, 0) is 35.0 Å². The first kappa shape index (κ1) is 14.5. The molecule has 1 heterocycles. The fourth-order valence-corrected chi connectivity index (χ4v) is 2.57. The molecular formula is C20H16N2O2. The summed E-state index contributed by atoms with van der Waals surface area (Å²) in [5.41, 5.74) is 0.923. The first-order chi connectivity index (χ1) is 11.9. The Morgan fingerprint density at radius 3 is 2.46 bits per heavy atom. The summed E-state index contributed by atoms with van der Waals surface area (Å²) in [6.45, 7) is 0.495. The van der Waals surface area contributed by atoms with Crippen molar-refractivity contribution in [2.75, 3.05) is 6.61 Å². The first-order valence-electron chi connectivity index (χ1n) is 7.88. The van der Waals surface area contributed by atoms with E-state index in [0.717, 1.165) is 11.3 Å². The van der Waals surface area contributed by atoms with E-state index in [9.17, 15) is 0 Å². The number of benzene rings is 3. The third kappa shape index (κ3) is 3.13. The third-order valence-electron chi connectivity index (χ3n) is 3.79. The number of hydrogen-bond acceptors (Lipinski definition) is 4. The highest BCUT2D eigenvalue weighted by Gasteiger charge is 2.08. The summed E-state index contributed by atoms with van der Waals surface area (Å²) in [7, 11) is 0. The van der Waals surface area contributed by atoms with Gasteiger partial charge in [0, 0.05) is 5.56 Å². The molecule has 0 fully saturated rings. The number of hydrogen-bond donors (Lipinski definition) is 0. The van der Waals surface area contributed by atoms with E-state index in [1.165, 1.54) is 10.8 Å². The van der Waals surface area contributed by atoms with Crippen molar-refractivity contribution in [2.24, 2.45) is 0 Å². The normalized spacial score (nSPS) is 10.8. The number of nitrogens with zero attached hydrogens (tertiary/aromatic N) is 2. The van der Waals surface area contributed by atoms with Crippen LogP contribution in [0.3, 0.4) is 0 Å². The molecular weight excluding hydrogens is 300 g/mol. The fourth-order valence-electron chi connectivity index (χ4n) is 2.57. The van der Waals surface area contributed by atoms with Gasteiger partial charge < -0.3 is 9.15 Å². The van der Waals surface area contributed by atoms with Crippen LogP contribution in [0.4, 0.5) is 0 Å². The molecule has 0 unspecified atom stereocenters. The summed E-state index contributed by atoms with van der Waals surface area (Å²) in [5, 5.41) is 10.5. The topological polar surface area (TPSA) is 48.2 Å². The smallest absolute Gasteiger partial charge is 0.247 e. The van der Waals surface area contributed by atoms with Gasteiger partial charge in [0.05, 0.1) is 13.0 Å². The summed E-state index contributed by atoms with van der Waals surface area (Å²) >= 11 is 0. The zero-order valence-electron chi connectivity index (χ0n) is 13.1. The lowest BCUT2D eigenvalue weighted by atomic mass is 10.1. The molecule has 24 heavy (non-hydrogen) atoms. The molecule has 0 amide bonds. The minimum Gasteiger partial charge on any atom is -0.493 e. The highest BCUT2D eigenvalue weighted by Crippen LogP contribution is 2.21. The number of aromatic nitrogens is 2. The Hall–Kier alpha value is -3.14. The maximum Gasteiger partial charge on any atom is 0.247 e. The van der Waals surface area contributed by atoms with E-state index < -0.39 is 0 Å². The van der Waals surface area contributed by atoms with E-state index in [1.54, 1.807) is 0 Å². The van der Waals surface area contributed by atoms with Gasteiger partial charge in [-0.25, -0.2) is 0 Å². The average molecular weight is 316 g/mol. The van der Waals surface area contributed by atoms with Crippen LogP contribution in [0.15, 0.2) is 77.2 Å². The number of rotatable bonds is 5. The van der Waals surface area contributed by atoms with Crippen LogP contribution in [0.25, 0.3) is 22.2 Å². The van der Waals surface area contributed by atoms with Crippen LogP contribution in [0.2, 0.25) is 0 Å². The summed E-state index contributed by atoms with van der Waals surface area (Å²) in [4.78, 5) is 0. The van der Waals surface area contributed by atoms with Crippen LogP contribution < -0.4 is 4.74 Å². The van der Waals surface area contributed by atoms with Gasteiger partial charge in [-0.2, -0.15) is 0 Å². The highest BCUT2D eigenvalue weighted by atomic mass is 16.5. The van der Waals surface area contributed by atoms with E-state index in [0.29, 0.717) is 24.8 Å². The quantitative estimate of drug-likeness (QED) is 0.543. The molecule has 0 radical (unpaired) electrons. The summed E-state index contributed by atoms with van der Waals surface area (Å²) < 4.78 is 11.5. The lowest BCUT2D eigenvalue weighted by molar-refractivity contribution is 0.307. The molecule has 0 saturated carbocycles. The molecule has 4 rings (SSSR count). The van der Waals surface area contributed by atoms with Crippen molar-refractivity contribution >= 4 is 10.8 Å². The minimum atomic E-state index is 0.495. The Balaban J connectivity index is 1.39. The molecule has 0 aliphatic rings. The second-order valence-electron chi connectivity index (χ2n) is 5.47. The van der Waals surface area contributed by atoms with Crippen LogP contribution in [-0.2, 0) is 6.42 Å². The van der Waals surface area contributed by atoms with Crippen molar-refractivity contribution in [3.63, 3.8) is 0 Å². The fraction of sp³-hybridized carbons (Fsp3) is 0.100. The van der Waals surface area contributed by atoms with Crippen LogP contribution in [-0.4, -0.2) is 16.8 Å². The Kier molecular flexibility index (Phi) is 3.94. The van der Waals surface area contributed by atoms with Gasteiger partial charge in [0.25, 0.3) is 0 Å². The molecule has 4 nitrogen and oxygen atoms in total. The number of fused-ring (bicyclic) bond motifs is 1. The van der Waals surface area contributed by atoms with Crippen molar-refractivity contribution < 1.29 is 9.15 Å². The van der Waals surface area contributed by atoms with Gasteiger partial charge in [0.15, 0.2) is 0 Å². The predicted octanol–water partition coefficient (Wildman–Crippen LogP) is 4.51. The van der Waals surface area contributed by atoms with Gasteiger partial charge in [0.2, 0.25) is 11.8 Å². The first-order valence-corrected chi connectivity index (χ1v) is 7.88. The molecule has 0 atom stereocenters. The Bertz CT molecular complexity index is 948. The van der Waals surface area contributed by atoms with E-state index in [2.05, 4.69) is 28.4 Å². The zero-order chi connectivity index (χ0) is 16.2. The zero-order valence-corrected chi connectivity index (χ0v) is 13.1. The molecule has 4 aromatic rings. The predicted molar refractivity (Wildman–Crippen MR) is 92.9 cm³/mol. The van der Waals surface area contributed by atoms with Crippen LogP contribution >= 0.6 is 0 Å². The SMILES string of the molecule is c1ccc(-c2nnc(CCOc3ccc4ccccc4c3)o2)cc1. The van der Waals surface area contributed by atoms with Crippen LogP contribution in [0.1, 0.15) is 5.89 Å². The lowest BCUT2D eigenvalue weighted by Crippen LogP contribution is -2.01. The standard InChI is InChI=1S/C20H16N2O2/c1-2-7-16(8-3-1)20-22-21-19(24-20)12-13-23-18-11-10-15-6-4-5-9-17(15)14-18/h1-11,14H,12-13H2.